The van der Waals surface area contributed by atoms with E-state index in [-0.39, 0.29) is 12.5 Å². The third-order valence-electron chi connectivity index (χ3n) is 5.16. The number of benzene rings is 1. The number of hydrogen-bond donors (Lipinski definition) is 2. The Kier molecular flexibility index (Phi) is 9.80. The van der Waals surface area contributed by atoms with Gasteiger partial charge in [-0.05, 0) is 50.8 Å². The van der Waals surface area contributed by atoms with Gasteiger partial charge in [-0.1, -0.05) is 38.5 Å². The lowest BCUT2D eigenvalue weighted by Crippen LogP contribution is -2.45. The largest absolute Gasteiger partial charge is 0.462 e. The highest BCUT2D eigenvalue weighted by Gasteiger charge is 2.28. The molecule has 0 saturated heterocycles. The lowest BCUT2D eigenvalue weighted by molar-refractivity contribution is -0.150. The van der Waals surface area contributed by atoms with Crippen LogP contribution in [-0.4, -0.2) is 43.0 Å². The first kappa shape index (κ1) is 27.0. The van der Waals surface area contributed by atoms with Crippen LogP contribution in [0, 0.1) is 19.8 Å². The number of amides is 2. The molecule has 9 heteroatoms. The van der Waals surface area contributed by atoms with Crippen molar-refractivity contribution in [3.05, 3.63) is 51.4 Å². The molecule has 2 N–H and O–H groups in total. The van der Waals surface area contributed by atoms with Crippen molar-refractivity contribution in [3.63, 3.8) is 0 Å². The van der Waals surface area contributed by atoms with Gasteiger partial charge in [-0.15, -0.1) is 11.3 Å². The van der Waals surface area contributed by atoms with Gasteiger partial charge in [0.05, 0.1) is 12.2 Å². The number of ether oxygens (including phenoxy) is 2. The number of nitrogens with one attached hydrogen (secondary N) is 2. The van der Waals surface area contributed by atoms with Crippen molar-refractivity contribution in [1.29, 1.82) is 0 Å². The maximum absolute atomic E-state index is 12.6. The quantitative estimate of drug-likeness (QED) is 0.489. The zero-order chi connectivity index (χ0) is 25.4. The minimum Gasteiger partial charge on any atom is -0.462 e. The standard InChI is InChI=1S/C25H32N2O6S/c1-7-18-16(6)34-23(20(18)24(30)32-8-2)26-19(28)13-33-25(31)21(14(3)4)27-22(29)17-11-9-15(5)10-12-17/h9-12,14,21H,7-8,13H2,1-6H3,(H,26,28)(H,27,29)/t21-/m1/s1. The van der Waals surface area contributed by atoms with Gasteiger partial charge >= 0.3 is 11.9 Å². The summed E-state index contributed by atoms with van der Waals surface area (Å²) in [7, 11) is 0. The predicted molar refractivity (Wildman–Crippen MR) is 131 cm³/mol. The number of esters is 2. The summed E-state index contributed by atoms with van der Waals surface area (Å²) >= 11 is 1.27. The van der Waals surface area contributed by atoms with Crippen LogP contribution in [0.1, 0.15) is 64.4 Å². The summed E-state index contributed by atoms with van der Waals surface area (Å²) in [5, 5.41) is 5.70. The van der Waals surface area contributed by atoms with Crippen molar-refractivity contribution >= 4 is 40.1 Å². The van der Waals surface area contributed by atoms with Gasteiger partial charge in [0.15, 0.2) is 6.61 Å². The summed E-state index contributed by atoms with van der Waals surface area (Å²) in [4.78, 5) is 51.0. The van der Waals surface area contributed by atoms with E-state index < -0.39 is 36.4 Å². The zero-order valence-corrected chi connectivity index (χ0v) is 21.3. The highest BCUT2D eigenvalue weighted by molar-refractivity contribution is 7.16. The van der Waals surface area contributed by atoms with Crippen LogP contribution in [0.5, 0.6) is 0 Å². The molecule has 0 aliphatic carbocycles. The molecule has 0 saturated carbocycles. The molecule has 34 heavy (non-hydrogen) atoms. The van der Waals surface area contributed by atoms with Crippen LogP contribution in [0.15, 0.2) is 24.3 Å². The Labute approximate surface area is 204 Å². The molecule has 2 aromatic rings. The Morgan fingerprint density at radius 3 is 2.21 bits per heavy atom. The highest BCUT2D eigenvalue weighted by atomic mass is 32.1. The minimum absolute atomic E-state index is 0.215. The predicted octanol–water partition coefficient (Wildman–Crippen LogP) is 4.04. The van der Waals surface area contributed by atoms with Gasteiger partial charge in [-0.3, -0.25) is 9.59 Å². The van der Waals surface area contributed by atoms with E-state index in [9.17, 15) is 19.2 Å². The average molecular weight is 489 g/mol. The first-order valence-electron chi connectivity index (χ1n) is 11.2. The van der Waals surface area contributed by atoms with Crippen LogP contribution in [0.3, 0.4) is 0 Å². The molecule has 1 aromatic carbocycles. The van der Waals surface area contributed by atoms with Crippen LogP contribution in [0.2, 0.25) is 0 Å². The third kappa shape index (κ3) is 6.90. The second-order valence-electron chi connectivity index (χ2n) is 8.13. The van der Waals surface area contributed by atoms with E-state index in [0.29, 0.717) is 22.5 Å². The summed E-state index contributed by atoms with van der Waals surface area (Å²) in [5.41, 5.74) is 2.58. The molecule has 1 atom stereocenters. The van der Waals surface area contributed by atoms with Gasteiger partial charge in [-0.2, -0.15) is 0 Å². The Hall–Kier alpha value is -3.20. The molecule has 0 aliphatic heterocycles. The lowest BCUT2D eigenvalue weighted by Gasteiger charge is -2.20. The summed E-state index contributed by atoms with van der Waals surface area (Å²) in [5.74, 6) is -2.47. The van der Waals surface area contributed by atoms with Gasteiger partial charge < -0.3 is 20.1 Å². The Balaban J connectivity index is 2.04. The molecule has 1 heterocycles. The highest BCUT2D eigenvalue weighted by Crippen LogP contribution is 2.34. The average Bonchev–Trinajstić information content (AvgIpc) is 3.10. The number of aryl methyl sites for hydroxylation is 2. The van der Waals surface area contributed by atoms with Crippen LogP contribution < -0.4 is 10.6 Å². The van der Waals surface area contributed by atoms with E-state index in [1.165, 1.54) is 11.3 Å². The number of carbonyl (C=O) groups is 4. The lowest BCUT2D eigenvalue weighted by atomic mass is 10.0. The molecule has 184 valence electrons. The fraction of sp³-hybridized carbons (Fsp3) is 0.440. The third-order valence-corrected chi connectivity index (χ3v) is 6.22. The van der Waals surface area contributed by atoms with Crippen molar-refractivity contribution in [2.45, 2.75) is 54.0 Å². The van der Waals surface area contributed by atoms with Gasteiger partial charge in [-0.25, -0.2) is 9.59 Å². The summed E-state index contributed by atoms with van der Waals surface area (Å²) in [6, 6.07) is 6.05. The van der Waals surface area contributed by atoms with E-state index >= 15 is 0 Å². The SMILES string of the molecule is CCOC(=O)c1c(NC(=O)COC(=O)[C@H](NC(=O)c2ccc(C)cc2)C(C)C)sc(C)c1CC. The maximum atomic E-state index is 12.6. The van der Waals surface area contributed by atoms with Crippen LogP contribution in [0.25, 0.3) is 0 Å². The smallest absolute Gasteiger partial charge is 0.341 e. The first-order chi connectivity index (χ1) is 16.1. The zero-order valence-electron chi connectivity index (χ0n) is 20.4. The van der Waals surface area contributed by atoms with E-state index in [1.54, 1.807) is 32.9 Å². The van der Waals surface area contributed by atoms with Gasteiger partial charge in [0.25, 0.3) is 11.8 Å². The normalized spacial score (nSPS) is 11.6. The van der Waals surface area contributed by atoms with Crippen molar-refractivity contribution in [2.24, 2.45) is 5.92 Å². The Morgan fingerprint density at radius 1 is 1.00 bits per heavy atom. The van der Waals surface area contributed by atoms with Gasteiger partial charge in [0.1, 0.15) is 11.0 Å². The molecule has 0 radical (unpaired) electrons. The summed E-state index contributed by atoms with van der Waals surface area (Å²) in [6.45, 7) is 10.6. The molecule has 8 nitrogen and oxygen atoms in total. The number of thiophene rings is 1. The van der Waals surface area contributed by atoms with E-state index in [2.05, 4.69) is 10.6 Å². The second-order valence-corrected chi connectivity index (χ2v) is 9.36. The molecular weight excluding hydrogens is 456 g/mol. The molecule has 0 bridgehead atoms. The number of rotatable bonds is 10. The van der Waals surface area contributed by atoms with Crippen LogP contribution in [-0.2, 0) is 25.5 Å². The monoisotopic (exact) mass is 488 g/mol. The number of anilines is 1. The minimum atomic E-state index is -0.924. The maximum Gasteiger partial charge on any atom is 0.341 e. The molecule has 0 aliphatic rings. The molecule has 2 rings (SSSR count). The first-order valence-corrected chi connectivity index (χ1v) is 12.0. The van der Waals surface area contributed by atoms with Crippen LogP contribution >= 0.6 is 11.3 Å². The molecule has 1 aromatic heterocycles. The topological polar surface area (TPSA) is 111 Å². The fourth-order valence-corrected chi connectivity index (χ4v) is 4.48. The van der Waals surface area contributed by atoms with E-state index in [4.69, 9.17) is 9.47 Å². The van der Waals surface area contributed by atoms with Gasteiger partial charge in [0.2, 0.25) is 0 Å². The summed E-state index contributed by atoms with van der Waals surface area (Å²) in [6.07, 6.45) is 0.609. The Bertz CT molecular complexity index is 1040. The molecule has 0 unspecified atom stereocenters. The van der Waals surface area contributed by atoms with E-state index in [0.717, 1.165) is 16.0 Å². The van der Waals surface area contributed by atoms with Crippen molar-refractivity contribution in [2.75, 3.05) is 18.5 Å². The molecule has 2 amide bonds. The number of hydrogen-bond acceptors (Lipinski definition) is 7. The Morgan fingerprint density at radius 2 is 1.65 bits per heavy atom. The fourth-order valence-electron chi connectivity index (χ4n) is 3.33. The molecular formula is C25H32N2O6S. The van der Waals surface area contributed by atoms with Crippen molar-refractivity contribution < 1.29 is 28.7 Å². The second kappa shape index (κ2) is 12.3. The van der Waals surface area contributed by atoms with Crippen molar-refractivity contribution in [1.82, 2.24) is 5.32 Å². The number of carbonyl (C=O) groups excluding carboxylic acids is 4. The van der Waals surface area contributed by atoms with Crippen LogP contribution in [0.4, 0.5) is 5.00 Å². The molecule has 0 spiro atoms. The summed E-state index contributed by atoms with van der Waals surface area (Å²) < 4.78 is 10.3. The van der Waals surface area contributed by atoms with Gasteiger partial charge in [0, 0.05) is 10.4 Å². The van der Waals surface area contributed by atoms with Crippen molar-refractivity contribution in [3.8, 4) is 0 Å². The molecule has 0 fully saturated rings. The van der Waals surface area contributed by atoms with E-state index in [1.807, 2.05) is 32.9 Å².